The van der Waals surface area contributed by atoms with Crippen LogP contribution in [0.3, 0.4) is 0 Å². The molecule has 0 heterocycles. The summed E-state index contributed by atoms with van der Waals surface area (Å²) in [6, 6.07) is -0.846. The molecule has 0 radical (unpaired) electrons. The summed E-state index contributed by atoms with van der Waals surface area (Å²) in [4.78, 5) is 23.5. The molecule has 9 heteroatoms. The summed E-state index contributed by atoms with van der Waals surface area (Å²) in [5, 5.41) is 14.1. The van der Waals surface area contributed by atoms with E-state index in [0.717, 1.165) is 38.5 Å². The highest BCUT2D eigenvalue weighted by Gasteiger charge is 2.28. The Balaban J connectivity index is 3.89. The van der Waals surface area contributed by atoms with Crippen LogP contribution in [0.25, 0.3) is 0 Å². The second-order valence-electron chi connectivity index (χ2n) is 30.2. The number of hydrogen-bond donors (Lipinski definition) is 3. The Morgan fingerprint density at radius 2 is 0.613 bits per heavy atom. The predicted molar refractivity (Wildman–Crippen MR) is 411 cm³/mol. The number of aliphatic hydroxyl groups is 1. The van der Waals surface area contributed by atoms with E-state index in [1.165, 1.54) is 385 Å². The van der Waals surface area contributed by atoms with Crippen LogP contribution in [0.15, 0.2) is 36.5 Å². The number of nitrogens with one attached hydrogen (secondary N) is 1. The summed E-state index contributed by atoms with van der Waals surface area (Å²) in [5.74, 6) is -0.166. The summed E-state index contributed by atoms with van der Waals surface area (Å²) in [7, 11) is 1.60. The van der Waals surface area contributed by atoms with E-state index in [-0.39, 0.29) is 19.1 Å². The van der Waals surface area contributed by atoms with E-state index in [2.05, 4.69) is 43.5 Å². The normalized spacial score (nSPS) is 13.6. The van der Waals surface area contributed by atoms with Gasteiger partial charge in [0.05, 0.1) is 39.9 Å². The summed E-state index contributed by atoms with van der Waals surface area (Å²) in [5.41, 5.74) is 0. The number of rotatable bonds is 79. The monoisotopic (exact) mass is 1330 g/mol. The van der Waals surface area contributed by atoms with Crippen molar-refractivity contribution in [3.05, 3.63) is 36.5 Å². The molecule has 0 saturated heterocycles. The molecule has 93 heavy (non-hydrogen) atoms. The number of carbonyl (C=O) groups is 1. The van der Waals surface area contributed by atoms with Crippen molar-refractivity contribution in [3.8, 4) is 0 Å². The van der Waals surface area contributed by atoms with Gasteiger partial charge in [-0.25, -0.2) is 4.57 Å². The molecule has 552 valence electrons. The van der Waals surface area contributed by atoms with Gasteiger partial charge in [0.25, 0.3) is 0 Å². The van der Waals surface area contributed by atoms with Gasteiger partial charge in [-0.05, 0) is 51.4 Å². The lowest BCUT2D eigenvalue weighted by molar-refractivity contribution is -0.870. The van der Waals surface area contributed by atoms with Gasteiger partial charge in [-0.15, -0.1) is 0 Å². The first kappa shape index (κ1) is 91.7. The number of nitrogens with zero attached hydrogens (tertiary/aromatic N) is 1. The smallest absolute Gasteiger partial charge is 0.387 e. The zero-order valence-electron chi connectivity index (χ0n) is 63.5. The van der Waals surface area contributed by atoms with E-state index in [4.69, 9.17) is 9.05 Å². The third-order valence-corrected chi connectivity index (χ3v) is 20.6. The highest BCUT2D eigenvalue weighted by atomic mass is 31.2. The molecule has 1 amide bonds. The molecule has 8 nitrogen and oxygen atoms in total. The van der Waals surface area contributed by atoms with Gasteiger partial charge in [-0.2, -0.15) is 0 Å². The van der Waals surface area contributed by atoms with Crippen LogP contribution in [0.1, 0.15) is 444 Å². The number of unbranched alkanes of at least 4 members (excludes halogenated alkanes) is 62. The molecule has 0 spiro atoms. The van der Waals surface area contributed by atoms with Crippen molar-refractivity contribution in [2.24, 2.45) is 0 Å². The quantitative estimate of drug-likeness (QED) is 0.0243. The Morgan fingerprint density at radius 1 is 0.366 bits per heavy atom. The first-order valence-corrected chi connectivity index (χ1v) is 43.4. The van der Waals surface area contributed by atoms with Gasteiger partial charge in [0.1, 0.15) is 13.2 Å². The van der Waals surface area contributed by atoms with Gasteiger partial charge in [0, 0.05) is 6.42 Å². The summed E-state index contributed by atoms with van der Waals surface area (Å²) >= 11 is 0. The lowest BCUT2D eigenvalue weighted by atomic mass is 10.0. The number of amides is 1. The van der Waals surface area contributed by atoms with E-state index in [0.29, 0.717) is 17.4 Å². The number of quaternary nitrogens is 1. The van der Waals surface area contributed by atoms with Gasteiger partial charge in [0.2, 0.25) is 5.91 Å². The van der Waals surface area contributed by atoms with Crippen molar-refractivity contribution in [1.82, 2.24) is 5.32 Å². The minimum absolute atomic E-state index is 0.0646. The molecule has 0 aromatic carbocycles. The fraction of sp³-hybridized carbons (Fsp3) is 0.917. The van der Waals surface area contributed by atoms with Gasteiger partial charge in [-0.1, -0.05) is 423 Å². The van der Waals surface area contributed by atoms with E-state index >= 15 is 0 Å². The van der Waals surface area contributed by atoms with Crippen LogP contribution in [-0.2, 0) is 18.4 Å². The predicted octanol–water partition coefficient (Wildman–Crippen LogP) is 27.5. The van der Waals surface area contributed by atoms with Crippen LogP contribution in [-0.4, -0.2) is 73.4 Å². The number of aliphatic hydroxyl groups excluding tert-OH is 1. The molecule has 3 atom stereocenters. The molecule has 0 rings (SSSR count). The zero-order chi connectivity index (χ0) is 67.6. The van der Waals surface area contributed by atoms with Crippen molar-refractivity contribution in [2.75, 3.05) is 40.9 Å². The first-order valence-electron chi connectivity index (χ1n) is 41.9. The Hall–Kier alpha value is -1.28. The molecule has 3 unspecified atom stereocenters. The topological polar surface area (TPSA) is 105 Å². The van der Waals surface area contributed by atoms with Crippen LogP contribution >= 0.6 is 7.82 Å². The van der Waals surface area contributed by atoms with Crippen LogP contribution in [0, 0.1) is 0 Å². The molecule has 0 aromatic heterocycles. The summed E-state index contributed by atoms with van der Waals surface area (Å²) in [6.07, 6.45) is 102. The van der Waals surface area contributed by atoms with E-state index in [1.54, 1.807) is 6.08 Å². The molecule has 0 aliphatic rings. The van der Waals surface area contributed by atoms with Crippen molar-refractivity contribution in [1.29, 1.82) is 0 Å². The van der Waals surface area contributed by atoms with Crippen molar-refractivity contribution < 1.29 is 32.9 Å². The highest BCUT2D eigenvalue weighted by molar-refractivity contribution is 7.47. The van der Waals surface area contributed by atoms with Crippen molar-refractivity contribution in [3.63, 3.8) is 0 Å². The molecule has 3 N–H and O–H groups in total. The zero-order valence-corrected chi connectivity index (χ0v) is 64.4. The van der Waals surface area contributed by atoms with Crippen LogP contribution in [0.2, 0.25) is 0 Å². The Kier molecular flexibility index (Phi) is 73.9. The molecule has 0 aliphatic heterocycles. The standard InChI is InChI=1S/C84H165N2O6P/c1-6-8-10-12-14-16-18-20-22-24-26-28-30-32-34-36-38-39-40-41-42-43-44-45-46-47-48-50-52-54-56-58-60-62-64-66-68-70-72-74-76-78-84(88)85-82(81-92-93(89,90)91-80-79-86(3,4)5)83(87)77-75-73-71-69-67-65-63-61-59-57-55-53-51-49-37-35-33-31-29-27-25-23-21-19-17-15-13-11-9-7-2/h18,20,24,26,75,77,82-83,87H,6-17,19,21-23,25,27-74,76,78-81H2,1-5H3,(H-,85,88,89,90)/p+1/b20-18-,26-24-,77-75+. The summed E-state index contributed by atoms with van der Waals surface area (Å²) in [6.45, 7) is 4.88. The fourth-order valence-electron chi connectivity index (χ4n) is 13.1. The lowest BCUT2D eigenvalue weighted by Gasteiger charge is -2.25. The maximum absolute atomic E-state index is 13.1. The molecular weight excluding hydrogens is 1160 g/mol. The average Bonchev–Trinajstić information content (AvgIpc) is 2.75. The molecule has 0 aliphatic carbocycles. The van der Waals surface area contributed by atoms with Crippen molar-refractivity contribution in [2.45, 2.75) is 456 Å². The minimum atomic E-state index is -4.36. The van der Waals surface area contributed by atoms with E-state index in [9.17, 15) is 19.4 Å². The van der Waals surface area contributed by atoms with Crippen LogP contribution < -0.4 is 5.32 Å². The molecular formula is C84H166N2O6P+. The third kappa shape index (κ3) is 77.9. The second-order valence-corrected chi connectivity index (χ2v) is 31.7. The van der Waals surface area contributed by atoms with Gasteiger partial charge in [-0.3, -0.25) is 13.8 Å². The Bertz CT molecular complexity index is 1610. The molecule has 0 saturated carbocycles. The number of phosphoric acid groups is 1. The van der Waals surface area contributed by atoms with Gasteiger partial charge in [0.15, 0.2) is 0 Å². The van der Waals surface area contributed by atoms with Gasteiger partial charge < -0.3 is 19.8 Å². The second kappa shape index (κ2) is 74.9. The lowest BCUT2D eigenvalue weighted by Crippen LogP contribution is -2.45. The molecule has 0 bridgehead atoms. The first-order chi connectivity index (χ1) is 45.5. The van der Waals surface area contributed by atoms with E-state index < -0.39 is 20.0 Å². The van der Waals surface area contributed by atoms with Crippen LogP contribution in [0.5, 0.6) is 0 Å². The molecule has 0 fully saturated rings. The fourth-order valence-corrected chi connectivity index (χ4v) is 13.9. The SMILES string of the molecule is CCCCCCC/C=C\C/C=C\CCCCCCCCCCCCCCCCCCCCCCCCCCCCCCCC(=O)NC(COP(=O)(O)OCC[N+](C)(C)C)C(O)/C=C/CCCCCCCCCCCCCCCCCCCCCCCCCCCCCC. The highest BCUT2D eigenvalue weighted by Crippen LogP contribution is 2.43. The maximum Gasteiger partial charge on any atom is 0.472 e. The number of allylic oxidation sites excluding steroid dienone is 5. The van der Waals surface area contributed by atoms with Crippen molar-refractivity contribution >= 4 is 13.7 Å². The number of likely N-dealkylation sites (N-methyl/N-ethyl adjacent to an activating group) is 1. The largest absolute Gasteiger partial charge is 0.472 e. The Morgan fingerprint density at radius 3 is 0.882 bits per heavy atom. The number of hydrogen-bond acceptors (Lipinski definition) is 5. The molecule has 0 aromatic rings. The Labute approximate surface area is 582 Å². The number of carbonyl (C=O) groups excluding carboxylic acids is 1. The average molecular weight is 1330 g/mol. The van der Waals surface area contributed by atoms with Gasteiger partial charge >= 0.3 is 7.82 Å². The maximum atomic E-state index is 13.1. The number of phosphoric ester groups is 1. The minimum Gasteiger partial charge on any atom is -0.387 e. The van der Waals surface area contributed by atoms with Crippen LogP contribution in [0.4, 0.5) is 0 Å². The summed E-state index contributed by atoms with van der Waals surface area (Å²) < 4.78 is 23.9. The third-order valence-electron chi connectivity index (χ3n) is 19.6. The van der Waals surface area contributed by atoms with E-state index in [1.807, 2.05) is 27.2 Å².